The predicted molar refractivity (Wildman–Crippen MR) is 100 cm³/mol. The highest BCUT2D eigenvalue weighted by Gasteiger charge is 2.29. The SMILES string of the molecule is CN1Cc2cc(N3CCCC3)ccc2C(N2C=Cc3ccnn3C2)C1. The van der Waals surface area contributed by atoms with Gasteiger partial charge in [0.25, 0.3) is 0 Å². The molecule has 0 N–H and O–H groups in total. The lowest BCUT2D eigenvalue weighted by molar-refractivity contribution is 0.144. The van der Waals surface area contributed by atoms with Gasteiger partial charge in [0.05, 0.1) is 11.7 Å². The Morgan fingerprint density at radius 1 is 1.12 bits per heavy atom. The van der Waals surface area contributed by atoms with Crippen molar-refractivity contribution in [2.75, 3.05) is 31.6 Å². The molecule has 1 saturated heterocycles. The summed E-state index contributed by atoms with van der Waals surface area (Å²) in [5, 5.41) is 4.45. The summed E-state index contributed by atoms with van der Waals surface area (Å²) in [4.78, 5) is 7.39. The second-order valence-corrected chi connectivity index (χ2v) is 7.52. The number of rotatable bonds is 2. The normalized spacial score (nSPS) is 23.0. The summed E-state index contributed by atoms with van der Waals surface area (Å²) in [6, 6.07) is 9.57. The molecule has 1 aromatic heterocycles. The number of benzene rings is 1. The zero-order chi connectivity index (χ0) is 16.8. The minimum atomic E-state index is 0.384. The van der Waals surface area contributed by atoms with Gasteiger partial charge in [-0.15, -0.1) is 0 Å². The summed E-state index contributed by atoms with van der Waals surface area (Å²) in [5.41, 5.74) is 5.53. The van der Waals surface area contributed by atoms with Crippen molar-refractivity contribution in [3.63, 3.8) is 0 Å². The Kier molecular flexibility index (Phi) is 3.55. The van der Waals surface area contributed by atoms with Gasteiger partial charge in [0, 0.05) is 44.3 Å². The molecular weight excluding hydrogens is 310 g/mol. The Labute approximate surface area is 149 Å². The molecule has 25 heavy (non-hydrogen) atoms. The number of anilines is 1. The summed E-state index contributed by atoms with van der Waals surface area (Å²) in [6.07, 6.45) is 8.93. The molecule has 4 heterocycles. The van der Waals surface area contributed by atoms with E-state index in [4.69, 9.17) is 0 Å². The quantitative estimate of drug-likeness (QED) is 0.843. The molecule has 3 aliphatic heterocycles. The van der Waals surface area contributed by atoms with Crippen LogP contribution >= 0.6 is 0 Å². The first-order valence-corrected chi connectivity index (χ1v) is 9.30. The lowest BCUT2D eigenvalue weighted by atomic mass is 9.94. The van der Waals surface area contributed by atoms with Crippen LogP contribution in [0.5, 0.6) is 0 Å². The molecule has 0 radical (unpaired) electrons. The van der Waals surface area contributed by atoms with E-state index in [0.29, 0.717) is 6.04 Å². The maximum atomic E-state index is 4.45. The standard InChI is InChI=1S/C20H25N5/c1-22-13-16-12-18(23-9-2-3-10-23)4-5-19(16)20(14-22)24-11-7-17-6-8-21-25(17)15-24/h4-8,11-12,20H,2-3,9-10,13-15H2,1H3. The molecular formula is C20H25N5. The van der Waals surface area contributed by atoms with E-state index in [1.165, 1.54) is 48.4 Å². The van der Waals surface area contributed by atoms with Crippen molar-refractivity contribution < 1.29 is 0 Å². The molecule has 0 saturated carbocycles. The number of aromatic nitrogens is 2. The first-order valence-electron chi connectivity index (χ1n) is 9.30. The summed E-state index contributed by atoms with van der Waals surface area (Å²) in [5.74, 6) is 0. The summed E-state index contributed by atoms with van der Waals surface area (Å²) < 4.78 is 2.08. The van der Waals surface area contributed by atoms with Crippen LogP contribution in [0.3, 0.4) is 0 Å². The van der Waals surface area contributed by atoms with Crippen LogP contribution in [-0.4, -0.2) is 46.3 Å². The number of likely N-dealkylation sites (N-methyl/N-ethyl adjacent to an activating group) is 1. The van der Waals surface area contributed by atoms with Crippen molar-refractivity contribution in [2.45, 2.75) is 32.1 Å². The monoisotopic (exact) mass is 335 g/mol. The molecule has 1 unspecified atom stereocenters. The van der Waals surface area contributed by atoms with Gasteiger partial charge in [-0.1, -0.05) is 6.07 Å². The molecule has 5 nitrogen and oxygen atoms in total. The highest BCUT2D eigenvalue weighted by atomic mass is 15.4. The highest BCUT2D eigenvalue weighted by molar-refractivity contribution is 5.53. The fourth-order valence-electron chi connectivity index (χ4n) is 4.44. The number of nitrogens with zero attached hydrogens (tertiary/aromatic N) is 5. The Balaban J connectivity index is 1.46. The number of hydrogen-bond donors (Lipinski definition) is 0. The largest absolute Gasteiger partial charge is 0.372 e. The molecule has 1 fully saturated rings. The van der Waals surface area contributed by atoms with Gasteiger partial charge >= 0.3 is 0 Å². The maximum Gasteiger partial charge on any atom is 0.112 e. The van der Waals surface area contributed by atoms with Gasteiger partial charge in [-0.05, 0) is 55.3 Å². The molecule has 0 aliphatic carbocycles. The van der Waals surface area contributed by atoms with Crippen LogP contribution in [0.1, 0.15) is 35.7 Å². The van der Waals surface area contributed by atoms with Crippen molar-refractivity contribution >= 4 is 11.8 Å². The number of fused-ring (bicyclic) bond motifs is 2. The van der Waals surface area contributed by atoms with Crippen molar-refractivity contribution in [1.82, 2.24) is 19.6 Å². The Morgan fingerprint density at radius 2 is 2.00 bits per heavy atom. The summed E-state index contributed by atoms with van der Waals surface area (Å²) in [6.45, 7) is 5.32. The van der Waals surface area contributed by atoms with Gasteiger partial charge in [-0.2, -0.15) is 5.10 Å². The predicted octanol–water partition coefficient (Wildman–Crippen LogP) is 2.91. The van der Waals surface area contributed by atoms with Crippen LogP contribution in [0.15, 0.2) is 36.7 Å². The van der Waals surface area contributed by atoms with Gasteiger partial charge in [0.15, 0.2) is 0 Å². The Morgan fingerprint density at radius 3 is 2.88 bits per heavy atom. The molecule has 3 aliphatic rings. The van der Waals surface area contributed by atoms with Crippen LogP contribution in [0.25, 0.3) is 6.08 Å². The first-order chi connectivity index (χ1) is 12.3. The van der Waals surface area contributed by atoms with Gasteiger partial charge < -0.3 is 9.80 Å². The van der Waals surface area contributed by atoms with Crippen LogP contribution in [-0.2, 0) is 13.2 Å². The van der Waals surface area contributed by atoms with E-state index in [1.807, 2.05) is 6.20 Å². The third kappa shape index (κ3) is 2.63. The molecule has 5 heteroatoms. The van der Waals surface area contributed by atoms with Crippen molar-refractivity contribution in [3.8, 4) is 0 Å². The van der Waals surface area contributed by atoms with E-state index in [0.717, 1.165) is 19.8 Å². The van der Waals surface area contributed by atoms with E-state index in [2.05, 4.69) is 68.1 Å². The third-order valence-electron chi connectivity index (χ3n) is 5.77. The average molecular weight is 335 g/mol. The van der Waals surface area contributed by atoms with Crippen LogP contribution in [0, 0.1) is 0 Å². The van der Waals surface area contributed by atoms with Gasteiger partial charge in [0.1, 0.15) is 6.67 Å². The fourth-order valence-corrected chi connectivity index (χ4v) is 4.44. The van der Waals surface area contributed by atoms with Crippen LogP contribution < -0.4 is 4.90 Å². The molecule has 5 rings (SSSR count). The Hall–Kier alpha value is -2.27. The molecule has 0 spiro atoms. The van der Waals surface area contributed by atoms with Gasteiger partial charge in [-0.3, -0.25) is 4.90 Å². The van der Waals surface area contributed by atoms with E-state index < -0.39 is 0 Å². The number of hydrogen-bond acceptors (Lipinski definition) is 4. The molecule has 130 valence electrons. The molecule has 1 aromatic carbocycles. The topological polar surface area (TPSA) is 27.5 Å². The van der Waals surface area contributed by atoms with Gasteiger partial charge in [0.2, 0.25) is 0 Å². The Bertz CT molecular complexity index is 802. The average Bonchev–Trinajstić information content (AvgIpc) is 3.31. The minimum Gasteiger partial charge on any atom is -0.372 e. The zero-order valence-electron chi connectivity index (χ0n) is 14.8. The molecule has 1 atom stereocenters. The minimum absolute atomic E-state index is 0.384. The zero-order valence-corrected chi connectivity index (χ0v) is 14.8. The third-order valence-corrected chi connectivity index (χ3v) is 5.77. The second-order valence-electron chi connectivity index (χ2n) is 7.52. The second kappa shape index (κ2) is 5.92. The molecule has 0 amide bonds. The summed E-state index contributed by atoms with van der Waals surface area (Å²) in [7, 11) is 2.23. The molecule has 0 bridgehead atoms. The maximum absolute atomic E-state index is 4.45. The first kappa shape index (κ1) is 15.0. The van der Waals surface area contributed by atoms with E-state index in [-0.39, 0.29) is 0 Å². The fraction of sp³-hybridized carbons (Fsp3) is 0.450. The van der Waals surface area contributed by atoms with Crippen molar-refractivity contribution in [1.29, 1.82) is 0 Å². The lowest BCUT2D eigenvalue weighted by Crippen LogP contribution is -2.40. The van der Waals surface area contributed by atoms with E-state index in [9.17, 15) is 0 Å². The highest BCUT2D eigenvalue weighted by Crippen LogP contribution is 2.35. The van der Waals surface area contributed by atoms with Gasteiger partial charge in [-0.25, -0.2) is 4.68 Å². The van der Waals surface area contributed by atoms with E-state index >= 15 is 0 Å². The van der Waals surface area contributed by atoms with Crippen molar-refractivity contribution in [2.24, 2.45) is 0 Å². The molecule has 2 aromatic rings. The lowest BCUT2D eigenvalue weighted by Gasteiger charge is -2.40. The smallest absolute Gasteiger partial charge is 0.112 e. The van der Waals surface area contributed by atoms with Crippen LogP contribution in [0.2, 0.25) is 0 Å². The van der Waals surface area contributed by atoms with Crippen LogP contribution in [0.4, 0.5) is 5.69 Å². The summed E-state index contributed by atoms with van der Waals surface area (Å²) >= 11 is 0. The van der Waals surface area contributed by atoms with E-state index in [1.54, 1.807) is 0 Å². The van der Waals surface area contributed by atoms with Crippen molar-refractivity contribution in [3.05, 3.63) is 53.5 Å².